The fourth-order valence-corrected chi connectivity index (χ4v) is 7.00. The lowest BCUT2D eigenvalue weighted by Gasteiger charge is -2.20. The second-order valence-electron chi connectivity index (χ2n) is 11.3. The van der Waals surface area contributed by atoms with Crippen molar-refractivity contribution in [2.75, 3.05) is 0 Å². The van der Waals surface area contributed by atoms with E-state index >= 15 is 0 Å². The Kier molecular flexibility index (Phi) is 5.66. The number of nitrogens with zero attached hydrogens (tertiary/aromatic N) is 4. The Bertz CT molecular complexity index is 2470. The van der Waals surface area contributed by atoms with Crippen molar-refractivity contribution >= 4 is 43.6 Å². The van der Waals surface area contributed by atoms with E-state index in [1.165, 1.54) is 21.9 Å². The summed E-state index contributed by atoms with van der Waals surface area (Å²) < 4.78 is 4.70. The van der Waals surface area contributed by atoms with E-state index in [0.29, 0.717) is 11.1 Å². The molecule has 0 spiro atoms. The van der Waals surface area contributed by atoms with Gasteiger partial charge < -0.3 is 9.13 Å². The van der Waals surface area contributed by atoms with Gasteiger partial charge in [-0.05, 0) is 61.4 Å². The molecule has 0 aliphatic rings. The quantitative estimate of drug-likeness (QED) is 0.215. The molecule has 0 aliphatic heterocycles. The van der Waals surface area contributed by atoms with Gasteiger partial charge in [-0.3, -0.25) is 0 Å². The molecule has 0 amide bonds. The van der Waals surface area contributed by atoms with Gasteiger partial charge in [-0.2, -0.15) is 10.5 Å². The van der Waals surface area contributed by atoms with Crippen molar-refractivity contribution in [3.8, 4) is 34.6 Å². The van der Waals surface area contributed by atoms with Crippen LogP contribution in [0.25, 0.3) is 66.1 Å². The smallest absolute Gasteiger partial charge is 0.0998 e. The number of rotatable bonds is 3. The highest BCUT2D eigenvalue weighted by molar-refractivity contribution is 6.17. The molecular weight excluding hydrogens is 536 g/mol. The van der Waals surface area contributed by atoms with E-state index in [-0.39, 0.29) is 0 Å². The van der Waals surface area contributed by atoms with Gasteiger partial charge in [-0.15, -0.1) is 0 Å². The molecule has 8 aromatic rings. The normalized spacial score (nSPS) is 11.4. The summed E-state index contributed by atoms with van der Waals surface area (Å²) in [6, 6.07) is 46.4. The molecule has 6 aromatic carbocycles. The predicted molar refractivity (Wildman–Crippen MR) is 179 cm³/mol. The minimum absolute atomic E-state index is 0.464. The van der Waals surface area contributed by atoms with Crippen LogP contribution >= 0.6 is 0 Å². The summed E-state index contributed by atoms with van der Waals surface area (Å²) in [5.41, 5.74) is 11.4. The Morgan fingerprint density at radius 2 is 1.09 bits per heavy atom. The molecule has 0 bridgehead atoms. The number of aromatic nitrogens is 2. The van der Waals surface area contributed by atoms with E-state index < -0.39 is 0 Å². The molecule has 206 valence electrons. The van der Waals surface area contributed by atoms with Crippen molar-refractivity contribution < 1.29 is 0 Å². The molecule has 0 saturated heterocycles. The summed E-state index contributed by atoms with van der Waals surface area (Å²) in [5.74, 6) is 0. The molecule has 4 heteroatoms. The molecule has 0 aliphatic carbocycles. The third-order valence-electron chi connectivity index (χ3n) is 8.84. The first-order chi connectivity index (χ1) is 21.6. The minimum Gasteiger partial charge on any atom is -0.309 e. The largest absolute Gasteiger partial charge is 0.309 e. The van der Waals surface area contributed by atoms with Gasteiger partial charge in [0.25, 0.3) is 0 Å². The first-order valence-electron chi connectivity index (χ1n) is 14.7. The van der Waals surface area contributed by atoms with Crippen molar-refractivity contribution in [2.45, 2.75) is 13.8 Å². The second kappa shape index (κ2) is 9.73. The van der Waals surface area contributed by atoms with Crippen LogP contribution in [0, 0.1) is 36.5 Å². The Balaban J connectivity index is 1.66. The molecule has 8 rings (SSSR count). The Labute approximate surface area is 254 Å². The molecule has 0 saturated carbocycles. The average Bonchev–Trinajstić information content (AvgIpc) is 3.57. The van der Waals surface area contributed by atoms with Crippen LogP contribution in [-0.4, -0.2) is 9.13 Å². The van der Waals surface area contributed by atoms with Gasteiger partial charge in [0.1, 0.15) is 0 Å². The van der Waals surface area contributed by atoms with Crippen molar-refractivity contribution in [3.05, 3.63) is 144 Å². The number of nitriles is 2. The standard InChI is InChI=1S/C40H26N4/c1-25-10-9-11-26(2)39(25)44-36-17-8-5-14-32(36)33-20-21-37(38(40(33)44)29-19-18-27(23-41)22-28(29)24-42)43-34-15-6-3-12-30(34)31-13-4-7-16-35(31)43/h3-22H,1-2H3. The number of hydrogen-bond donors (Lipinski definition) is 0. The lowest BCUT2D eigenvalue weighted by atomic mass is 9.94. The highest BCUT2D eigenvalue weighted by atomic mass is 15.0. The first kappa shape index (κ1) is 25.6. The fourth-order valence-electron chi connectivity index (χ4n) is 7.00. The van der Waals surface area contributed by atoms with E-state index in [1.54, 1.807) is 6.07 Å². The van der Waals surface area contributed by atoms with Gasteiger partial charge in [0.05, 0.1) is 56.7 Å². The summed E-state index contributed by atoms with van der Waals surface area (Å²) >= 11 is 0. The van der Waals surface area contributed by atoms with Crippen LogP contribution in [0.3, 0.4) is 0 Å². The van der Waals surface area contributed by atoms with Gasteiger partial charge in [-0.1, -0.05) is 84.9 Å². The SMILES string of the molecule is Cc1cccc(C)c1-n1c2ccccc2c2ccc(-n3c4ccccc4c4ccccc43)c(-c3ccc(C#N)cc3C#N)c21. The van der Waals surface area contributed by atoms with Crippen LogP contribution in [0.2, 0.25) is 0 Å². The Morgan fingerprint density at radius 1 is 0.523 bits per heavy atom. The van der Waals surface area contributed by atoms with Gasteiger partial charge >= 0.3 is 0 Å². The minimum atomic E-state index is 0.464. The van der Waals surface area contributed by atoms with Crippen molar-refractivity contribution in [1.29, 1.82) is 10.5 Å². The summed E-state index contributed by atoms with van der Waals surface area (Å²) in [4.78, 5) is 0. The summed E-state index contributed by atoms with van der Waals surface area (Å²) in [6.07, 6.45) is 0. The Hall–Kier alpha value is -6.10. The molecular formula is C40H26N4. The molecule has 0 unspecified atom stereocenters. The van der Waals surface area contributed by atoms with Gasteiger partial charge in [0, 0.05) is 32.7 Å². The van der Waals surface area contributed by atoms with E-state index in [0.717, 1.165) is 55.3 Å². The maximum atomic E-state index is 10.5. The van der Waals surface area contributed by atoms with Crippen LogP contribution in [0.1, 0.15) is 22.3 Å². The van der Waals surface area contributed by atoms with Crippen LogP contribution in [0.15, 0.2) is 121 Å². The average molecular weight is 563 g/mol. The van der Waals surface area contributed by atoms with E-state index in [9.17, 15) is 10.5 Å². The van der Waals surface area contributed by atoms with Crippen LogP contribution < -0.4 is 0 Å². The Morgan fingerprint density at radius 3 is 1.68 bits per heavy atom. The van der Waals surface area contributed by atoms with Crippen molar-refractivity contribution in [2.24, 2.45) is 0 Å². The third kappa shape index (κ3) is 3.56. The number of aryl methyl sites for hydroxylation is 2. The van der Waals surface area contributed by atoms with Gasteiger partial charge in [0.15, 0.2) is 0 Å². The summed E-state index contributed by atoms with van der Waals surface area (Å²) in [6.45, 7) is 4.31. The molecule has 4 nitrogen and oxygen atoms in total. The van der Waals surface area contributed by atoms with E-state index in [2.05, 4.69) is 138 Å². The maximum Gasteiger partial charge on any atom is 0.0998 e. The number of hydrogen-bond acceptors (Lipinski definition) is 2. The molecule has 0 fully saturated rings. The molecule has 0 radical (unpaired) electrons. The highest BCUT2D eigenvalue weighted by Crippen LogP contribution is 2.45. The van der Waals surface area contributed by atoms with E-state index in [1.807, 2.05) is 12.1 Å². The predicted octanol–water partition coefficient (Wildman–Crippen LogP) is 9.91. The van der Waals surface area contributed by atoms with Crippen molar-refractivity contribution in [3.63, 3.8) is 0 Å². The topological polar surface area (TPSA) is 57.4 Å². The second-order valence-corrected chi connectivity index (χ2v) is 11.3. The van der Waals surface area contributed by atoms with Crippen molar-refractivity contribution in [1.82, 2.24) is 9.13 Å². The summed E-state index contributed by atoms with van der Waals surface area (Å²) in [5, 5.41) is 24.8. The number of para-hydroxylation sites is 4. The van der Waals surface area contributed by atoms with Gasteiger partial charge in [-0.25, -0.2) is 0 Å². The maximum absolute atomic E-state index is 10.5. The van der Waals surface area contributed by atoms with Gasteiger partial charge in [0.2, 0.25) is 0 Å². The fraction of sp³-hybridized carbons (Fsp3) is 0.0500. The van der Waals surface area contributed by atoms with Crippen LogP contribution in [-0.2, 0) is 0 Å². The zero-order valence-corrected chi connectivity index (χ0v) is 24.3. The lowest BCUT2D eigenvalue weighted by molar-refractivity contribution is 1.11. The zero-order chi connectivity index (χ0) is 29.9. The molecule has 2 aromatic heterocycles. The lowest BCUT2D eigenvalue weighted by Crippen LogP contribution is -2.04. The van der Waals surface area contributed by atoms with Crippen LogP contribution in [0.5, 0.6) is 0 Å². The highest BCUT2D eigenvalue weighted by Gasteiger charge is 2.25. The third-order valence-corrected chi connectivity index (χ3v) is 8.84. The first-order valence-corrected chi connectivity index (χ1v) is 14.7. The van der Waals surface area contributed by atoms with Crippen LogP contribution in [0.4, 0.5) is 0 Å². The molecule has 0 atom stereocenters. The number of fused-ring (bicyclic) bond motifs is 6. The summed E-state index contributed by atoms with van der Waals surface area (Å²) in [7, 11) is 0. The monoisotopic (exact) mass is 562 g/mol. The molecule has 0 N–H and O–H groups in total. The zero-order valence-electron chi connectivity index (χ0n) is 24.3. The molecule has 44 heavy (non-hydrogen) atoms. The number of benzene rings is 6. The molecule has 2 heterocycles. The van der Waals surface area contributed by atoms with E-state index in [4.69, 9.17) is 0 Å².